The van der Waals surface area contributed by atoms with Crippen LogP contribution >= 0.6 is 0 Å². The minimum Gasteiger partial charge on any atom is -0.368 e. The number of hydrogen-bond acceptors (Lipinski definition) is 4. The monoisotopic (exact) mass is 283 g/mol. The van der Waals surface area contributed by atoms with Gasteiger partial charge in [0, 0.05) is 19.4 Å². The molecule has 0 aromatic heterocycles. The number of carbonyl (C=O) groups is 1. The number of hydrogen-bond donors (Lipinski definition) is 1. The Morgan fingerprint density at radius 3 is 2.58 bits per heavy atom. The molecule has 0 aliphatic carbocycles. The van der Waals surface area contributed by atoms with Gasteiger partial charge < -0.3 is 10.1 Å². The second-order valence-corrected chi connectivity index (χ2v) is 6.65. The van der Waals surface area contributed by atoms with E-state index in [2.05, 4.69) is 5.32 Å². The Bertz CT molecular complexity index is 545. The third-order valence-corrected chi connectivity index (χ3v) is 4.17. The summed E-state index contributed by atoms with van der Waals surface area (Å²) in [5, 5.41) is 2.79. The molecule has 1 unspecified atom stereocenters. The van der Waals surface area contributed by atoms with Crippen LogP contribution in [0.4, 0.5) is 0 Å². The first kappa shape index (κ1) is 14.0. The standard InChI is InChI=1S/C13H17NO4S/c1-19(16,17)11-6-4-10(5-7-11)9-14-13(15)12-3-2-8-18-12/h4-7,12H,2-3,8-9H2,1H3,(H,14,15). The van der Waals surface area contributed by atoms with Crippen molar-refractivity contribution in [2.24, 2.45) is 0 Å². The summed E-state index contributed by atoms with van der Waals surface area (Å²) in [4.78, 5) is 12.0. The molecule has 0 saturated carbocycles. The first-order valence-electron chi connectivity index (χ1n) is 6.15. The molecular formula is C13H17NO4S. The van der Waals surface area contributed by atoms with E-state index in [0.29, 0.717) is 13.2 Å². The van der Waals surface area contributed by atoms with Crippen LogP contribution in [0.2, 0.25) is 0 Å². The topological polar surface area (TPSA) is 72.5 Å². The SMILES string of the molecule is CS(=O)(=O)c1ccc(CNC(=O)C2CCCO2)cc1. The summed E-state index contributed by atoms with van der Waals surface area (Å²) in [7, 11) is -3.17. The third kappa shape index (κ3) is 3.78. The molecule has 2 rings (SSSR count). The van der Waals surface area contributed by atoms with Crippen LogP contribution in [0, 0.1) is 0 Å². The molecule has 0 spiro atoms. The largest absolute Gasteiger partial charge is 0.368 e. The van der Waals surface area contributed by atoms with Crippen LogP contribution in [0.3, 0.4) is 0 Å². The van der Waals surface area contributed by atoms with E-state index in [0.717, 1.165) is 18.4 Å². The normalized spacial score (nSPS) is 19.3. The highest BCUT2D eigenvalue weighted by molar-refractivity contribution is 7.90. The summed E-state index contributed by atoms with van der Waals surface area (Å²) in [5.74, 6) is -0.107. The molecule has 1 heterocycles. The first-order valence-corrected chi connectivity index (χ1v) is 8.04. The minimum atomic E-state index is -3.17. The smallest absolute Gasteiger partial charge is 0.249 e. The van der Waals surface area contributed by atoms with E-state index in [4.69, 9.17) is 4.74 Å². The van der Waals surface area contributed by atoms with E-state index in [1.54, 1.807) is 24.3 Å². The molecule has 104 valence electrons. The van der Waals surface area contributed by atoms with Gasteiger partial charge in [-0.3, -0.25) is 4.79 Å². The Kier molecular flexibility index (Phi) is 4.21. The molecule has 0 bridgehead atoms. The fourth-order valence-corrected chi connectivity index (χ4v) is 2.57. The fraction of sp³-hybridized carbons (Fsp3) is 0.462. The lowest BCUT2D eigenvalue weighted by Gasteiger charge is -2.10. The number of ether oxygens (including phenoxy) is 1. The molecule has 19 heavy (non-hydrogen) atoms. The lowest BCUT2D eigenvalue weighted by atomic mass is 10.2. The molecule has 1 saturated heterocycles. The molecule has 1 fully saturated rings. The Morgan fingerprint density at radius 1 is 1.37 bits per heavy atom. The van der Waals surface area contributed by atoms with Gasteiger partial charge in [0.15, 0.2) is 9.84 Å². The lowest BCUT2D eigenvalue weighted by Crippen LogP contribution is -2.33. The number of nitrogens with one attached hydrogen (secondary N) is 1. The Balaban J connectivity index is 1.91. The maximum atomic E-state index is 11.7. The van der Waals surface area contributed by atoms with Crippen LogP contribution in [0.5, 0.6) is 0 Å². The summed E-state index contributed by atoms with van der Waals surface area (Å²) in [6.07, 6.45) is 2.51. The molecule has 1 aliphatic rings. The van der Waals surface area contributed by atoms with E-state index in [9.17, 15) is 13.2 Å². The van der Waals surface area contributed by atoms with Gasteiger partial charge in [0.1, 0.15) is 6.10 Å². The van der Waals surface area contributed by atoms with Crippen LogP contribution in [0.1, 0.15) is 18.4 Å². The van der Waals surface area contributed by atoms with Crippen molar-refractivity contribution in [1.29, 1.82) is 0 Å². The summed E-state index contributed by atoms with van der Waals surface area (Å²) in [5.41, 5.74) is 0.860. The van der Waals surface area contributed by atoms with E-state index >= 15 is 0 Å². The highest BCUT2D eigenvalue weighted by atomic mass is 32.2. The first-order chi connectivity index (χ1) is 8.97. The average molecular weight is 283 g/mol. The van der Waals surface area contributed by atoms with Crippen LogP contribution < -0.4 is 5.32 Å². The Morgan fingerprint density at radius 2 is 2.05 bits per heavy atom. The van der Waals surface area contributed by atoms with Crippen molar-refractivity contribution in [3.63, 3.8) is 0 Å². The summed E-state index contributed by atoms with van der Waals surface area (Å²) >= 11 is 0. The van der Waals surface area contributed by atoms with Gasteiger partial charge in [-0.1, -0.05) is 12.1 Å². The molecule has 0 radical (unpaired) electrons. The maximum Gasteiger partial charge on any atom is 0.249 e. The zero-order chi connectivity index (χ0) is 13.9. The minimum absolute atomic E-state index is 0.107. The summed E-state index contributed by atoms with van der Waals surface area (Å²) in [6, 6.07) is 6.49. The van der Waals surface area contributed by atoms with E-state index in [-0.39, 0.29) is 16.9 Å². The number of carbonyl (C=O) groups excluding carboxylic acids is 1. The number of sulfone groups is 1. The van der Waals surface area contributed by atoms with Crippen molar-refractivity contribution in [2.45, 2.75) is 30.4 Å². The highest BCUT2D eigenvalue weighted by Crippen LogP contribution is 2.13. The third-order valence-electron chi connectivity index (χ3n) is 3.04. The molecule has 5 nitrogen and oxygen atoms in total. The van der Waals surface area contributed by atoms with Crippen LogP contribution in [-0.2, 0) is 25.9 Å². The highest BCUT2D eigenvalue weighted by Gasteiger charge is 2.22. The van der Waals surface area contributed by atoms with Gasteiger partial charge in [0.2, 0.25) is 5.91 Å². The molecule has 1 amide bonds. The molecule has 6 heteroatoms. The summed E-state index contributed by atoms with van der Waals surface area (Å²) in [6.45, 7) is 1.02. The molecule has 1 N–H and O–H groups in total. The molecule has 1 aromatic rings. The van der Waals surface area contributed by atoms with Gasteiger partial charge in [-0.15, -0.1) is 0 Å². The Hall–Kier alpha value is -1.40. The number of amides is 1. The molecular weight excluding hydrogens is 266 g/mol. The van der Waals surface area contributed by atoms with Crippen molar-refractivity contribution < 1.29 is 17.9 Å². The van der Waals surface area contributed by atoms with Crippen molar-refractivity contribution >= 4 is 15.7 Å². The molecule has 1 atom stereocenters. The van der Waals surface area contributed by atoms with E-state index < -0.39 is 9.84 Å². The molecule has 1 aliphatic heterocycles. The van der Waals surface area contributed by atoms with Crippen LogP contribution in [-0.4, -0.2) is 33.3 Å². The average Bonchev–Trinajstić information content (AvgIpc) is 2.89. The van der Waals surface area contributed by atoms with Gasteiger partial charge in [0.25, 0.3) is 0 Å². The van der Waals surface area contributed by atoms with Crippen molar-refractivity contribution in [3.8, 4) is 0 Å². The second kappa shape index (κ2) is 5.71. The van der Waals surface area contributed by atoms with Gasteiger partial charge in [0.05, 0.1) is 4.90 Å². The number of benzene rings is 1. The van der Waals surface area contributed by atoms with Crippen molar-refractivity contribution in [2.75, 3.05) is 12.9 Å². The van der Waals surface area contributed by atoms with E-state index in [1.165, 1.54) is 6.26 Å². The van der Waals surface area contributed by atoms with Gasteiger partial charge in [-0.05, 0) is 30.5 Å². The molecule has 1 aromatic carbocycles. The predicted octanol–water partition coefficient (Wildman–Crippen LogP) is 0.885. The predicted molar refractivity (Wildman–Crippen MR) is 70.4 cm³/mol. The summed E-state index contributed by atoms with van der Waals surface area (Å²) < 4.78 is 27.9. The van der Waals surface area contributed by atoms with E-state index in [1.807, 2.05) is 0 Å². The Labute approximate surface area is 112 Å². The van der Waals surface area contributed by atoms with Gasteiger partial charge >= 0.3 is 0 Å². The van der Waals surface area contributed by atoms with Crippen LogP contribution in [0.15, 0.2) is 29.2 Å². The zero-order valence-corrected chi connectivity index (χ0v) is 11.6. The number of rotatable bonds is 4. The van der Waals surface area contributed by atoms with Gasteiger partial charge in [-0.25, -0.2) is 8.42 Å². The zero-order valence-electron chi connectivity index (χ0n) is 10.8. The maximum absolute atomic E-state index is 11.7. The quantitative estimate of drug-likeness (QED) is 0.890. The van der Waals surface area contributed by atoms with Gasteiger partial charge in [-0.2, -0.15) is 0 Å². The fourth-order valence-electron chi connectivity index (χ4n) is 1.94. The van der Waals surface area contributed by atoms with Crippen molar-refractivity contribution in [3.05, 3.63) is 29.8 Å². The van der Waals surface area contributed by atoms with Crippen LogP contribution in [0.25, 0.3) is 0 Å². The van der Waals surface area contributed by atoms with Crippen molar-refractivity contribution in [1.82, 2.24) is 5.32 Å². The second-order valence-electron chi connectivity index (χ2n) is 4.64. The lowest BCUT2D eigenvalue weighted by molar-refractivity contribution is -0.130.